The zero-order valence-corrected chi connectivity index (χ0v) is 15.4. The van der Waals surface area contributed by atoms with Crippen molar-refractivity contribution in [1.82, 2.24) is 9.55 Å². The number of non-ortho nitro benzene ring substituents is 1. The lowest BCUT2D eigenvalue weighted by Crippen LogP contribution is -2.36. The molecule has 14 heteroatoms. The van der Waals surface area contributed by atoms with Crippen LogP contribution in [0.2, 0.25) is 0 Å². The van der Waals surface area contributed by atoms with Gasteiger partial charge in [0.2, 0.25) is 0 Å². The van der Waals surface area contributed by atoms with Gasteiger partial charge in [0.25, 0.3) is 11.2 Å². The van der Waals surface area contributed by atoms with E-state index in [9.17, 15) is 42.8 Å². The third-order valence-corrected chi connectivity index (χ3v) is 4.48. The van der Waals surface area contributed by atoms with Crippen LogP contribution in [0.1, 0.15) is 28.6 Å². The standard InChI is InChI=1S/C17H14F3N3O8/c18-17(19,20)10-6-22(16(27)21-14(10)25)13-5-11(24)12(31-13)7-30-15(26)8-1-3-9(4-2-8)23(28)29/h1-4,6,11-13,24H,5,7H2,(H,21,25,27)/t11-,12+,13-/m1/s1. The van der Waals surface area contributed by atoms with Gasteiger partial charge in [-0.2, -0.15) is 13.2 Å². The molecule has 0 amide bonds. The summed E-state index contributed by atoms with van der Waals surface area (Å²) < 4.78 is 49.6. The Morgan fingerprint density at radius 1 is 1.32 bits per heavy atom. The van der Waals surface area contributed by atoms with Gasteiger partial charge in [0, 0.05) is 24.8 Å². The van der Waals surface area contributed by atoms with Crippen LogP contribution in [0, 0.1) is 10.1 Å². The SMILES string of the molecule is O=C(OC[C@@H]1O[C@@H](n2cc(C(F)(F)F)c(=O)[nH]c2=O)C[C@H]1O)c1ccc([N+](=O)[O-])cc1. The number of hydrogen-bond acceptors (Lipinski definition) is 8. The van der Waals surface area contributed by atoms with Crippen molar-refractivity contribution < 1.29 is 37.5 Å². The van der Waals surface area contributed by atoms with Gasteiger partial charge in [0.1, 0.15) is 24.5 Å². The summed E-state index contributed by atoms with van der Waals surface area (Å²) in [4.78, 5) is 46.8. The van der Waals surface area contributed by atoms with Crippen LogP contribution in [0.25, 0.3) is 0 Å². The molecule has 1 aliphatic rings. The molecule has 2 heterocycles. The van der Waals surface area contributed by atoms with Gasteiger partial charge in [-0.25, -0.2) is 9.59 Å². The molecule has 11 nitrogen and oxygen atoms in total. The van der Waals surface area contributed by atoms with Crippen LogP contribution < -0.4 is 11.2 Å². The van der Waals surface area contributed by atoms with E-state index in [-0.39, 0.29) is 17.7 Å². The lowest BCUT2D eigenvalue weighted by Gasteiger charge is -2.17. The lowest BCUT2D eigenvalue weighted by molar-refractivity contribution is -0.384. The summed E-state index contributed by atoms with van der Waals surface area (Å²) in [6.45, 7) is -0.502. The summed E-state index contributed by atoms with van der Waals surface area (Å²) in [5.41, 5.74) is -4.64. The second-order valence-corrected chi connectivity index (χ2v) is 6.54. The quantitative estimate of drug-likeness (QED) is 0.392. The highest BCUT2D eigenvalue weighted by molar-refractivity contribution is 5.89. The van der Waals surface area contributed by atoms with Crippen LogP contribution in [0.15, 0.2) is 40.1 Å². The fourth-order valence-corrected chi connectivity index (χ4v) is 2.90. The van der Waals surface area contributed by atoms with Gasteiger partial charge in [-0.3, -0.25) is 24.5 Å². The molecule has 0 saturated carbocycles. The number of nitrogens with zero attached hydrogens (tertiary/aromatic N) is 2. The summed E-state index contributed by atoms with van der Waals surface area (Å²) in [5, 5.41) is 20.7. The molecular formula is C17H14F3N3O8. The van der Waals surface area contributed by atoms with Gasteiger partial charge >= 0.3 is 17.8 Å². The molecule has 31 heavy (non-hydrogen) atoms. The van der Waals surface area contributed by atoms with Crippen LogP contribution >= 0.6 is 0 Å². The molecule has 0 aliphatic carbocycles. The van der Waals surface area contributed by atoms with Gasteiger partial charge in [-0.05, 0) is 12.1 Å². The molecule has 2 aromatic rings. The number of aliphatic hydroxyl groups is 1. The molecule has 1 fully saturated rings. The minimum atomic E-state index is -5.01. The minimum absolute atomic E-state index is 0.0127. The Bertz CT molecular complexity index is 1110. The third-order valence-electron chi connectivity index (χ3n) is 4.48. The number of esters is 1. The van der Waals surface area contributed by atoms with Gasteiger partial charge < -0.3 is 14.6 Å². The number of carbonyl (C=O) groups is 1. The van der Waals surface area contributed by atoms with Crippen molar-refractivity contribution in [1.29, 1.82) is 0 Å². The number of aromatic nitrogens is 2. The minimum Gasteiger partial charge on any atom is -0.459 e. The summed E-state index contributed by atoms with van der Waals surface area (Å²) in [6, 6.07) is 4.50. The first-order valence-electron chi connectivity index (χ1n) is 8.65. The third kappa shape index (κ3) is 4.80. The molecule has 1 aromatic carbocycles. The molecule has 3 atom stereocenters. The Balaban J connectivity index is 1.69. The van der Waals surface area contributed by atoms with Crippen molar-refractivity contribution in [3.05, 3.63) is 72.5 Å². The lowest BCUT2D eigenvalue weighted by atomic mass is 10.2. The van der Waals surface area contributed by atoms with E-state index in [1.165, 1.54) is 0 Å². The van der Waals surface area contributed by atoms with Crippen molar-refractivity contribution in [2.24, 2.45) is 0 Å². The summed E-state index contributed by atoms with van der Waals surface area (Å²) in [5.74, 6) is -0.880. The van der Waals surface area contributed by atoms with Crippen molar-refractivity contribution >= 4 is 11.7 Å². The van der Waals surface area contributed by atoms with Crippen LogP contribution in [0.3, 0.4) is 0 Å². The molecule has 1 aliphatic heterocycles. The van der Waals surface area contributed by atoms with E-state index in [2.05, 4.69) is 0 Å². The average Bonchev–Trinajstić information content (AvgIpc) is 3.05. The van der Waals surface area contributed by atoms with Crippen LogP contribution in [0.5, 0.6) is 0 Å². The number of benzene rings is 1. The predicted molar refractivity (Wildman–Crippen MR) is 94.2 cm³/mol. The Labute approximate surface area is 169 Å². The van der Waals surface area contributed by atoms with E-state index in [1.54, 1.807) is 4.98 Å². The second-order valence-electron chi connectivity index (χ2n) is 6.54. The monoisotopic (exact) mass is 445 g/mol. The Morgan fingerprint density at radius 3 is 2.55 bits per heavy atom. The van der Waals surface area contributed by atoms with Crippen LogP contribution in [-0.2, 0) is 15.7 Å². The largest absolute Gasteiger partial charge is 0.459 e. The van der Waals surface area contributed by atoms with Crippen molar-refractivity contribution in [3.63, 3.8) is 0 Å². The Kier molecular flexibility index (Phi) is 5.94. The highest BCUT2D eigenvalue weighted by Crippen LogP contribution is 2.30. The fraction of sp³-hybridized carbons (Fsp3) is 0.353. The van der Waals surface area contributed by atoms with Crippen LogP contribution in [0.4, 0.5) is 18.9 Å². The molecule has 1 aromatic heterocycles. The molecule has 0 spiro atoms. The van der Waals surface area contributed by atoms with Crippen molar-refractivity contribution in [2.75, 3.05) is 6.61 Å². The number of nitrogens with one attached hydrogen (secondary N) is 1. The van der Waals surface area contributed by atoms with Gasteiger partial charge in [0.05, 0.1) is 16.6 Å². The molecule has 0 bridgehead atoms. The molecule has 2 N–H and O–H groups in total. The Morgan fingerprint density at radius 2 is 1.97 bits per heavy atom. The Hall–Kier alpha value is -3.52. The topological polar surface area (TPSA) is 154 Å². The molecule has 0 radical (unpaired) electrons. The van der Waals surface area contributed by atoms with E-state index < -0.39 is 58.9 Å². The second kappa shape index (κ2) is 8.31. The number of H-pyrrole nitrogens is 1. The number of nitro groups is 1. The van der Waals surface area contributed by atoms with E-state index in [0.29, 0.717) is 10.8 Å². The summed E-state index contributed by atoms with van der Waals surface area (Å²) in [6.07, 6.45) is -8.82. The zero-order valence-electron chi connectivity index (χ0n) is 15.4. The van der Waals surface area contributed by atoms with Gasteiger partial charge in [-0.1, -0.05) is 0 Å². The maximum atomic E-state index is 12.9. The number of alkyl halides is 3. The number of rotatable bonds is 5. The van der Waals surface area contributed by atoms with Crippen molar-refractivity contribution in [3.8, 4) is 0 Å². The van der Waals surface area contributed by atoms with Gasteiger partial charge in [0.15, 0.2) is 0 Å². The predicted octanol–water partition coefficient (Wildman–Crippen LogP) is 0.969. The maximum absolute atomic E-state index is 12.9. The molecule has 3 rings (SSSR count). The number of halogens is 3. The zero-order chi connectivity index (χ0) is 22.9. The molecular weight excluding hydrogens is 431 g/mol. The summed E-state index contributed by atoms with van der Waals surface area (Å²) in [7, 11) is 0. The fourth-order valence-electron chi connectivity index (χ4n) is 2.90. The van der Waals surface area contributed by atoms with E-state index >= 15 is 0 Å². The first-order chi connectivity index (χ1) is 14.5. The van der Waals surface area contributed by atoms with E-state index in [1.807, 2.05) is 0 Å². The number of aliphatic hydroxyl groups excluding tert-OH is 1. The van der Waals surface area contributed by atoms with Crippen molar-refractivity contribution in [2.45, 2.75) is 31.0 Å². The maximum Gasteiger partial charge on any atom is 0.423 e. The number of carbonyl (C=O) groups excluding carboxylic acids is 1. The van der Waals surface area contributed by atoms with E-state index in [0.717, 1.165) is 24.3 Å². The first kappa shape index (κ1) is 22.2. The molecule has 166 valence electrons. The van der Waals surface area contributed by atoms with Crippen LogP contribution in [-0.4, -0.2) is 44.4 Å². The number of nitro benzene ring substituents is 1. The smallest absolute Gasteiger partial charge is 0.423 e. The summed E-state index contributed by atoms with van der Waals surface area (Å²) >= 11 is 0. The average molecular weight is 445 g/mol. The molecule has 0 unspecified atom stereocenters. The van der Waals surface area contributed by atoms with Gasteiger partial charge in [-0.15, -0.1) is 0 Å². The number of hydrogen-bond donors (Lipinski definition) is 2. The number of ether oxygens (including phenoxy) is 2. The first-order valence-corrected chi connectivity index (χ1v) is 8.65. The highest BCUT2D eigenvalue weighted by Gasteiger charge is 2.39. The van der Waals surface area contributed by atoms with E-state index in [4.69, 9.17) is 9.47 Å². The molecule has 1 saturated heterocycles. The normalized spacial score (nSPS) is 21.1. The highest BCUT2D eigenvalue weighted by atomic mass is 19.4. The number of aromatic amines is 1.